The van der Waals surface area contributed by atoms with Gasteiger partial charge in [0.2, 0.25) is 0 Å². The normalized spacial score (nSPS) is 10.2. The average Bonchev–Trinajstić information content (AvgIpc) is 2.55. The van der Waals surface area contributed by atoms with Gasteiger partial charge in [0.05, 0.1) is 0 Å². The quantitative estimate of drug-likeness (QED) is 0.693. The number of aromatic nitrogens is 1. The lowest BCUT2D eigenvalue weighted by Crippen LogP contribution is -2.27. The molecule has 0 amide bonds. The Kier molecular flexibility index (Phi) is 13.6. The van der Waals surface area contributed by atoms with Crippen LogP contribution in [0.4, 0.5) is 0 Å². The van der Waals surface area contributed by atoms with Gasteiger partial charge in [-0.1, -0.05) is 46.1 Å². The molecule has 0 aliphatic rings. The number of carboxylic acids is 1. The van der Waals surface area contributed by atoms with Gasteiger partial charge in [-0.3, -0.25) is 0 Å². The maximum absolute atomic E-state index is 10.1. The maximum Gasteiger partial charge on any atom is 0.354 e. The second-order valence-corrected chi connectivity index (χ2v) is 5.42. The molecule has 1 heterocycles. The molecule has 0 bridgehead atoms. The van der Waals surface area contributed by atoms with Crippen molar-refractivity contribution in [3.8, 4) is 0 Å². The van der Waals surface area contributed by atoms with Crippen LogP contribution < -0.4 is 0 Å². The number of hydrogen-bond acceptors (Lipinski definition) is 3. The molecule has 0 fully saturated rings. The molecule has 1 N–H and O–H groups in total. The molecule has 1 rings (SSSR count). The van der Waals surface area contributed by atoms with E-state index in [4.69, 9.17) is 5.11 Å². The van der Waals surface area contributed by atoms with Gasteiger partial charge < -0.3 is 10.0 Å². The number of rotatable bonds is 10. The molecule has 1 aromatic heterocycles. The Labute approximate surface area is 135 Å². The summed E-state index contributed by atoms with van der Waals surface area (Å²) >= 11 is 0. The van der Waals surface area contributed by atoms with Gasteiger partial charge in [0, 0.05) is 6.20 Å². The van der Waals surface area contributed by atoms with Crippen molar-refractivity contribution in [3.63, 3.8) is 0 Å². The molecule has 0 saturated heterocycles. The van der Waals surface area contributed by atoms with Gasteiger partial charge in [-0.2, -0.15) is 0 Å². The highest BCUT2D eigenvalue weighted by atomic mass is 16.4. The van der Waals surface area contributed by atoms with E-state index in [0.29, 0.717) is 0 Å². The zero-order valence-electron chi connectivity index (χ0n) is 14.4. The predicted octanol–water partition coefficient (Wildman–Crippen LogP) is 4.47. The van der Waals surface area contributed by atoms with Crippen molar-refractivity contribution >= 4 is 5.97 Å². The van der Waals surface area contributed by atoms with Crippen LogP contribution in [0.3, 0.4) is 0 Å². The first kappa shape index (κ1) is 20.6. The van der Waals surface area contributed by atoms with Gasteiger partial charge in [-0.15, -0.1) is 0 Å². The molecule has 0 aromatic carbocycles. The third-order valence-electron chi connectivity index (χ3n) is 3.37. The molecule has 4 nitrogen and oxygen atoms in total. The Bertz CT molecular complexity index is 350. The third kappa shape index (κ3) is 11.3. The van der Waals surface area contributed by atoms with Crippen molar-refractivity contribution in [1.82, 2.24) is 9.88 Å². The largest absolute Gasteiger partial charge is 0.477 e. The highest BCUT2D eigenvalue weighted by Crippen LogP contribution is 2.01. The van der Waals surface area contributed by atoms with E-state index in [-0.39, 0.29) is 5.69 Å². The van der Waals surface area contributed by atoms with E-state index in [1.165, 1.54) is 70.4 Å². The Morgan fingerprint density at radius 3 is 1.77 bits per heavy atom. The summed E-state index contributed by atoms with van der Waals surface area (Å²) in [6.45, 7) is 10.8. The van der Waals surface area contributed by atoms with Crippen molar-refractivity contribution < 1.29 is 9.90 Å². The molecule has 126 valence electrons. The van der Waals surface area contributed by atoms with Crippen LogP contribution >= 0.6 is 0 Å². The average molecular weight is 308 g/mol. The van der Waals surface area contributed by atoms with Crippen LogP contribution in [0.25, 0.3) is 0 Å². The fourth-order valence-corrected chi connectivity index (χ4v) is 1.97. The van der Waals surface area contributed by atoms with Gasteiger partial charge >= 0.3 is 5.97 Å². The van der Waals surface area contributed by atoms with Crippen LogP contribution in [0.5, 0.6) is 0 Å². The molecule has 0 radical (unpaired) electrons. The van der Waals surface area contributed by atoms with Crippen LogP contribution in [0.15, 0.2) is 24.4 Å². The van der Waals surface area contributed by atoms with Gasteiger partial charge in [-0.05, 0) is 51.0 Å². The number of carboxylic acid groups (broad SMARTS) is 1. The summed E-state index contributed by atoms with van der Waals surface area (Å²) in [6.07, 6.45) is 9.54. The number of nitrogens with zero attached hydrogens (tertiary/aromatic N) is 2. The van der Waals surface area contributed by atoms with Crippen molar-refractivity contribution in [2.75, 3.05) is 19.6 Å². The van der Waals surface area contributed by atoms with E-state index >= 15 is 0 Å². The molecule has 0 aliphatic carbocycles. The topological polar surface area (TPSA) is 53.4 Å². The van der Waals surface area contributed by atoms with Crippen LogP contribution in [-0.4, -0.2) is 40.6 Å². The molecule has 0 atom stereocenters. The fraction of sp³-hybridized carbons (Fsp3) is 0.667. The van der Waals surface area contributed by atoms with Crippen molar-refractivity contribution in [1.29, 1.82) is 0 Å². The summed E-state index contributed by atoms with van der Waals surface area (Å²) in [7, 11) is 0. The Morgan fingerprint density at radius 2 is 1.50 bits per heavy atom. The summed E-state index contributed by atoms with van der Waals surface area (Å²) in [4.78, 5) is 16.4. The van der Waals surface area contributed by atoms with Crippen LogP contribution in [0.2, 0.25) is 0 Å². The molecule has 0 spiro atoms. The standard InChI is InChI=1S/C12H27N.C6H5NO2/c1-4-7-10-13(11-8-5-2)12-9-6-3;8-6(9)5-3-1-2-4-7-5/h4-12H2,1-3H3;1-4H,(H,8,9). The smallest absolute Gasteiger partial charge is 0.354 e. The van der Waals surface area contributed by atoms with E-state index < -0.39 is 5.97 Å². The summed E-state index contributed by atoms with van der Waals surface area (Å²) in [5, 5.41) is 8.32. The van der Waals surface area contributed by atoms with E-state index in [1.54, 1.807) is 12.1 Å². The first-order chi connectivity index (χ1) is 10.7. The van der Waals surface area contributed by atoms with Gasteiger partial charge in [-0.25, -0.2) is 9.78 Å². The number of unbranched alkanes of at least 4 members (excludes halogenated alkanes) is 3. The molecule has 0 aliphatic heterocycles. The van der Waals surface area contributed by atoms with E-state index in [9.17, 15) is 4.79 Å². The van der Waals surface area contributed by atoms with E-state index in [1.807, 2.05) is 0 Å². The second kappa shape index (κ2) is 14.5. The van der Waals surface area contributed by atoms with Gasteiger partial charge in [0.25, 0.3) is 0 Å². The minimum atomic E-state index is -0.990. The van der Waals surface area contributed by atoms with Crippen LogP contribution in [-0.2, 0) is 0 Å². The minimum absolute atomic E-state index is 0.0810. The van der Waals surface area contributed by atoms with Crippen LogP contribution in [0, 0.1) is 0 Å². The van der Waals surface area contributed by atoms with E-state index in [2.05, 4.69) is 30.7 Å². The summed E-state index contributed by atoms with van der Waals surface area (Å²) < 4.78 is 0. The molecule has 4 heteroatoms. The number of hydrogen-bond donors (Lipinski definition) is 1. The first-order valence-electron chi connectivity index (χ1n) is 8.52. The monoisotopic (exact) mass is 308 g/mol. The lowest BCUT2D eigenvalue weighted by molar-refractivity contribution is 0.0690. The van der Waals surface area contributed by atoms with Crippen molar-refractivity contribution in [2.24, 2.45) is 0 Å². The first-order valence-corrected chi connectivity index (χ1v) is 8.52. The Balaban J connectivity index is 0.000000425. The third-order valence-corrected chi connectivity index (χ3v) is 3.37. The lowest BCUT2D eigenvalue weighted by Gasteiger charge is -2.21. The molecule has 22 heavy (non-hydrogen) atoms. The molecule has 1 aromatic rings. The SMILES string of the molecule is CCCCN(CCCC)CCCC.O=C(O)c1ccccn1. The highest BCUT2D eigenvalue weighted by Gasteiger charge is 2.01. The fourth-order valence-electron chi connectivity index (χ4n) is 1.97. The van der Waals surface area contributed by atoms with Crippen LogP contribution in [0.1, 0.15) is 69.8 Å². The second-order valence-electron chi connectivity index (χ2n) is 5.42. The van der Waals surface area contributed by atoms with E-state index in [0.717, 1.165) is 0 Å². The number of aromatic carboxylic acids is 1. The molecule has 0 saturated carbocycles. The van der Waals surface area contributed by atoms with Crippen molar-refractivity contribution in [2.45, 2.75) is 59.3 Å². The number of carbonyl (C=O) groups is 1. The molecule has 0 unspecified atom stereocenters. The Morgan fingerprint density at radius 1 is 1.00 bits per heavy atom. The zero-order valence-corrected chi connectivity index (χ0v) is 14.4. The summed E-state index contributed by atoms with van der Waals surface area (Å²) in [5.74, 6) is -0.990. The minimum Gasteiger partial charge on any atom is -0.477 e. The molecular formula is C18H32N2O2. The summed E-state index contributed by atoms with van der Waals surface area (Å²) in [5.41, 5.74) is 0.0810. The molecular weight excluding hydrogens is 276 g/mol. The highest BCUT2D eigenvalue weighted by molar-refractivity contribution is 5.85. The summed E-state index contributed by atoms with van der Waals surface area (Å²) in [6, 6.07) is 4.76. The lowest BCUT2D eigenvalue weighted by atomic mass is 10.2. The van der Waals surface area contributed by atoms with Crippen molar-refractivity contribution in [3.05, 3.63) is 30.1 Å². The predicted molar refractivity (Wildman–Crippen MR) is 92.4 cm³/mol. The zero-order chi connectivity index (χ0) is 16.6. The van der Waals surface area contributed by atoms with Gasteiger partial charge in [0.15, 0.2) is 0 Å². The number of pyridine rings is 1. The Hall–Kier alpha value is -1.42. The van der Waals surface area contributed by atoms with Gasteiger partial charge in [0.1, 0.15) is 5.69 Å². The maximum atomic E-state index is 10.1.